The molecule has 1 aromatic heterocycles. The number of furan rings is 1. The fourth-order valence-electron chi connectivity index (χ4n) is 1.76. The van der Waals surface area contributed by atoms with Gasteiger partial charge in [-0.25, -0.2) is 4.39 Å². The van der Waals surface area contributed by atoms with E-state index in [0.29, 0.717) is 12.0 Å². The van der Waals surface area contributed by atoms with Crippen LogP contribution in [0.15, 0.2) is 47.1 Å². The lowest BCUT2D eigenvalue weighted by Gasteiger charge is -2.09. The summed E-state index contributed by atoms with van der Waals surface area (Å²) in [4.78, 5) is 0. The minimum atomic E-state index is -0.184. The summed E-state index contributed by atoms with van der Waals surface area (Å²) < 4.78 is 18.6. The first kappa shape index (κ1) is 12.2. The molecule has 0 aliphatic rings. The summed E-state index contributed by atoms with van der Waals surface area (Å²) in [7, 11) is 0. The molecular weight excluding hydrogens is 239 g/mol. The van der Waals surface area contributed by atoms with Crippen LogP contribution in [0, 0.1) is 5.82 Å². The van der Waals surface area contributed by atoms with Crippen LogP contribution in [0.4, 0.5) is 4.39 Å². The number of hydrogen-bond donors (Lipinski definition) is 0. The molecular formula is C14H14ClFO. The van der Waals surface area contributed by atoms with Gasteiger partial charge in [-0.15, -0.1) is 11.6 Å². The number of benzene rings is 1. The highest BCUT2D eigenvalue weighted by molar-refractivity contribution is 6.20. The Morgan fingerprint density at radius 1 is 1.18 bits per heavy atom. The monoisotopic (exact) mass is 252 g/mol. The Kier molecular flexibility index (Phi) is 4.21. The number of aryl methyl sites for hydroxylation is 1. The average molecular weight is 253 g/mol. The molecule has 0 aliphatic carbocycles. The zero-order valence-corrected chi connectivity index (χ0v) is 10.2. The average Bonchev–Trinajstić information content (AvgIpc) is 2.82. The standard InChI is InChI=1S/C14H14ClFO/c15-12(7-8-13-5-3-9-17-13)10-11-4-1-2-6-14(11)16/h1-6,9,12H,7-8,10H2. The van der Waals surface area contributed by atoms with E-state index >= 15 is 0 Å². The molecule has 0 bridgehead atoms. The van der Waals surface area contributed by atoms with Crippen molar-refractivity contribution in [2.45, 2.75) is 24.6 Å². The Hall–Kier alpha value is -1.28. The van der Waals surface area contributed by atoms with Crippen LogP contribution < -0.4 is 0 Å². The highest BCUT2D eigenvalue weighted by Crippen LogP contribution is 2.16. The lowest BCUT2D eigenvalue weighted by Crippen LogP contribution is -2.06. The van der Waals surface area contributed by atoms with E-state index in [1.807, 2.05) is 18.2 Å². The molecule has 0 spiro atoms. The van der Waals surface area contributed by atoms with Crippen molar-refractivity contribution in [1.82, 2.24) is 0 Å². The second-order valence-electron chi connectivity index (χ2n) is 4.01. The van der Waals surface area contributed by atoms with Gasteiger partial charge in [0.1, 0.15) is 11.6 Å². The van der Waals surface area contributed by atoms with Crippen molar-refractivity contribution in [1.29, 1.82) is 0 Å². The summed E-state index contributed by atoms with van der Waals surface area (Å²) in [5.74, 6) is 0.736. The van der Waals surface area contributed by atoms with Gasteiger partial charge in [0.2, 0.25) is 0 Å². The Bertz CT molecular complexity index is 453. The number of alkyl halides is 1. The molecule has 1 nitrogen and oxygen atoms in total. The number of rotatable bonds is 5. The van der Waals surface area contributed by atoms with Crippen molar-refractivity contribution in [2.24, 2.45) is 0 Å². The maximum Gasteiger partial charge on any atom is 0.126 e. The molecule has 0 saturated heterocycles. The third kappa shape index (κ3) is 3.60. The van der Waals surface area contributed by atoms with Crippen LogP contribution in [-0.4, -0.2) is 5.38 Å². The first-order chi connectivity index (χ1) is 8.25. The first-order valence-electron chi connectivity index (χ1n) is 5.65. The molecule has 0 amide bonds. The summed E-state index contributed by atoms with van der Waals surface area (Å²) in [5.41, 5.74) is 0.673. The smallest absolute Gasteiger partial charge is 0.126 e. The van der Waals surface area contributed by atoms with Gasteiger partial charge in [-0.05, 0) is 36.6 Å². The van der Waals surface area contributed by atoms with Gasteiger partial charge in [0, 0.05) is 11.8 Å². The molecule has 17 heavy (non-hydrogen) atoms. The van der Waals surface area contributed by atoms with E-state index in [1.165, 1.54) is 6.07 Å². The summed E-state index contributed by atoms with van der Waals surface area (Å²) in [6, 6.07) is 10.5. The van der Waals surface area contributed by atoms with Gasteiger partial charge in [0.15, 0.2) is 0 Å². The lowest BCUT2D eigenvalue weighted by molar-refractivity contribution is 0.498. The molecule has 2 aromatic rings. The fourth-order valence-corrected chi connectivity index (χ4v) is 2.03. The van der Waals surface area contributed by atoms with Crippen LogP contribution in [0.5, 0.6) is 0 Å². The predicted molar refractivity (Wildman–Crippen MR) is 66.8 cm³/mol. The van der Waals surface area contributed by atoms with E-state index in [1.54, 1.807) is 18.4 Å². The largest absolute Gasteiger partial charge is 0.469 e. The molecule has 1 aromatic carbocycles. The van der Waals surface area contributed by atoms with Gasteiger partial charge >= 0.3 is 0 Å². The molecule has 0 saturated carbocycles. The molecule has 0 aliphatic heterocycles. The maximum atomic E-state index is 13.4. The van der Waals surface area contributed by atoms with Crippen LogP contribution in [0.25, 0.3) is 0 Å². The molecule has 1 heterocycles. The molecule has 0 fully saturated rings. The van der Waals surface area contributed by atoms with Crippen molar-refractivity contribution in [3.8, 4) is 0 Å². The highest BCUT2D eigenvalue weighted by atomic mass is 35.5. The lowest BCUT2D eigenvalue weighted by atomic mass is 10.1. The van der Waals surface area contributed by atoms with E-state index in [0.717, 1.165) is 18.6 Å². The fraction of sp³-hybridized carbons (Fsp3) is 0.286. The summed E-state index contributed by atoms with van der Waals surface area (Å²) in [6.45, 7) is 0. The quantitative estimate of drug-likeness (QED) is 0.727. The van der Waals surface area contributed by atoms with Crippen LogP contribution in [0.3, 0.4) is 0 Å². The zero-order chi connectivity index (χ0) is 12.1. The first-order valence-corrected chi connectivity index (χ1v) is 6.09. The van der Waals surface area contributed by atoms with Gasteiger partial charge < -0.3 is 4.42 Å². The van der Waals surface area contributed by atoms with Crippen LogP contribution in [0.2, 0.25) is 0 Å². The van der Waals surface area contributed by atoms with Gasteiger partial charge in [-0.2, -0.15) is 0 Å². The van der Waals surface area contributed by atoms with Crippen molar-refractivity contribution >= 4 is 11.6 Å². The Labute approximate surface area is 105 Å². The van der Waals surface area contributed by atoms with E-state index in [-0.39, 0.29) is 11.2 Å². The minimum absolute atomic E-state index is 0.0722. The maximum absolute atomic E-state index is 13.4. The van der Waals surface area contributed by atoms with Crippen LogP contribution in [-0.2, 0) is 12.8 Å². The van der Waals surface area contributed by atoms with Crippen LogP contribution in [0.1, 0.15) is 17.7 Å². The van der Waals surface area contributed by atoms with Gasteiger partial charge in [0.25, 0.3) is 0 Å². The van der Waals surface area contributed by atoms with E-state index < -0.39 is 0 Å². The van der Waals surface area contributed by atoms with E-state index in [4.69, 9.17) is 16.0 Å². The Balaban J connectivity index is 1.85. The SMILES string of the molecule is Fc1ccccc1CC(Cl)CCc1ccco1. The molecule has 3 heteroatoms. The van der Waals surface area contributed by atoms with Gasteiger partial charge in [-0.3, -0.25) is 0 Å². The zero-order valence-electron chi connectivity index (χ0n) is 9.40. The van der Waals surface area contributed by atoms with Gasteiger partial charge in [0.05, 0.1) is 6.26 Å². The summed E-state index contributed by atoms with van der Waals surface area (Å²) in [5, 5.41) is -0.0722. The number of halogens is 2. The molecule has 1 unspecified atom stereocenters. The van der Waals surface area contributed by atoms with Crippen molar-refractivity contribution in [3.05, 3.63) is 59.8 Å². The minimum Gasteiger partial charge on any atom is -0.469 e. The third-order valence-corrected chi connectivity index (χ3v) is 3.06. The Morgan fingerprint density at radius 3 is 2.71 bits per heavy atom. The highest BCUT2D eigenvalue weighted by Gasteiger charge is 2.10. The topological polar surface area (TPSA) is 13.1 Å². The van der Waals surface area contributed by atoms with Crippen LogP contribution >= 0.6 is 11.6 Å². The molecule has 0 N–H and O–H groups in total. The normalized spacial score (nSPS) is 12.6. The predicted octanol–water partition coefficient (Wildman–Crippen LogP) is 4.20. The van der Waals surface area contributed by atoms with E-state index in [2.05, 4.69) is 0 Å². The third-order valence-electron chi connectivity index (χ3n) is 2.68. The molecule has 0 radical (unpaired) electrons. The van der Waals surface area contributed by atoms with Gasteiger partial charge in [-0.1, -0.05) is 18.2 Å². The molecule has 2 rings (SSSR count). The van der Waals surface area contributed by atoms with Crippen molar-refractivity contribution < 1.29 is 8.81 Å². The van der Waals surface area contributed by atoms with Crippen molar-refractivity contribution in [3.63, 3.8) is 0 Å². The second kappa shape index (κ2) is 5.87. The second-order valence-corrected chi connectivity index (χ2v) is 4.63. The number of hydrogen-bond acceptors (Lipinski definition) is 1. The summed E-state index contributed by atoms with van der Waals surface area (Å²) in [6.07, 6.45) is 3.77. The molecule has 1 atom stereocenters. The Morgan fingerprint density at radius 2 is 2.00 bits per heavy atom. The molecule has 90 valence electrons. The van der Waals surface area contributed by atoms with E-state index in [9.17, 15) is 4.39 Å². The summed E-state index contributed by atoms with van der Waals surface area (Å²) >= 11 is 6.20. The van der Waals surface area contributed by atoms with Crippen molar-refractivity contribution in [2.75, 3.05) is 0 Å².